The van der Waals surface area contributed by atoms with E-state index >= 15 is 0 Å². The molecule has 0 atom stereocenters. The van der Waals surface area contributed by atoms with E-state index in [1.165, 1.54) is 19.3 Å². The first-order chi connectivity index (χ1) is 13.2. The Morgan fingerprint density at radius 2 is 1.75 bits per heavy atom. The van der Waals surface area contributed by atoms with Crippen molar-refractivity contribution in [3.8, 4) is 5.69 Å². The monoisotopic (exact) mass is 398 g/mol. The van der Waals surface area contributed by atoms with Gasteiger partial charge in [0, 0.05) is 27.9 Å². The maximum absolute atomic E-state index is 13.1. The third-order valence-corrected chi connectivity index (χ3v) is 5.53. The van der Waals surface area contributed by atoms with Crippen molar-refractivity contribution in [2.75, 3.05) is 19.6 Å². The lowest BCUT2D eigenvalue weighted by atomic mass is 10.1. The van der Waals surface area contributed by atoms with Gasteiger partial charge in [0.15, 0.2) is 5.78 Å². The number of piperidine rings is 1. The van der Waals surface area contributed by atoms with Crippen molar-refractivity contribution in [2.24, 2.45) is 0 Å². The molecule has 0 aliphatic carbocycles. The van der Waals surface area contributed by atoms with E-state index in [-0.39, 0.29) is 19.8 Å². The van der Waals surface area contributed by atoms with Crippen molar-refractivity contribution in [2.45, 2.75) is 33.3 Å². The summed E-state index contributed by atoms with van der Waals surface area (Å²) in [4.78, 5) is 15.3. The Morgan fingerprint density at radius 3 is 2.43 bits per heavy atom. The van der Waals surface area contributed by atoms with Crippen LogP contribution < -0.4 is 0 Å². The highest BCUT2D eigenvalue weighted by atomic mass is 35.5. The number of aliphatic hydroxyl groups excluding tert-OH is 1. The molecule has 4 nitrogen and oxygen atoms in total. The van der Waals surface area contributed by atoms with Gasteiger partial charge in [-0.05, 0) is 61.8 Å². The number of hydrogen-bond donors (Lipinski definition) is 1. The van der Waals surface area contributed by atoms with E-state index < -0.39 is 0 Å². The lowest BCUT2D eigenvalue weighted by molar-refractivity contribution is 0.0917. The Balaban J connectivity index is 0.00000225. The van der Waals surface area contributed by atoms with Crippen LogP contribution >= 0.6 is 11.6 Å². The topological polar surface area (TPSA) is 45.5 Å². The van der Waals surface area contributed by atoms with E-state index in [1.807, 2.05) is 53.2 Å². The molecule has 1 aromatic heterocycles. The molecule has 0 radical (unpaired) electrons. The average Bonchev–Trinajstić information content (AvgIpc) is 3.08. The summed E-state index contributed by atoms with van der Waals surface area (Å²) >= 11 is 6.03. The van der Waals surface area contributed by atoms with Crippen molar-refractivity contribution < 1.29 is 9.90 Å². The zero-order valence-corrected chi connectivity index (χ0v) is 16.0. The maximum Gasteiger partial charge on any atom is 0.178 e. The van der Waals surface area contributed by atoms with Gasteiger partial charge in [-0.3, -0.25) is 9.69 Å². The highest BCUT2D eigenvalue weighted by Crippen LogP contribution is 2.28. The molecule has 4 rings (SSSR count). The largest absolute Gasteiger partial charge is 0.392 e. The SMILES string of the molecule is C.O=C(CN1CCCCC1)c1cn(-c2ccc(Cl)cc2)c2cc(CO)ccc12. The zero-order valence-electron chi connectivity index (χ0n) is 15.2. The molecule has 0 amide bonds. The fourth-order valence-electron chi connectivity index (χ4n) is 3.81. The van der Waals surface area contributed by atoms with Crippen molar-refractivity contribution in [3.63, 3.8) is 0 Å². The van der Waals surface area contributed by atoms with E-state index in [0.29, 0.717) is 11.6 Å². The van der Waals surface area contributed by atoms with Gasteiger partial charge in [0.25, 0.3) is 0 Å². The van der Waals surface area contributed by atoms with Crippen molar-refractivity contribution >= 4 is 28.3 Å². The van der Waals surface area contributed by atoms with Gasteiger partial charge < -0.3 is 9.67 Å². The van der Waals surface area contributed by atoms with Gasteiger partial charge in [-0.2, -0.15) is 0 Å². The molecule has 1 aliphatic heterocycles. The number of Topliss-reactive ketones (excluding diaryl/α,β-unsaturated/α-hetero) is 1. The van der Waals surface area contributed by atoms with Crippen molar-refractivity contribution in [3.05, 3.63) is 64.8 Å². The second-order valence-electron chi connectivity index (χ2n) is 7.16. The minimum Gasteiger partial charge on any atom is -0.392 e. The lowest BCUT2D eigenvalue weighted by Crippen LogP contribution is -2.34. The lowest BCUT2D eigenvalue weighted by Gasteiger charge is -2.25. The number of rotatable bonds is 5. The van der Waals surface area contributed by atoms with Crippen LogP contribution in [0, 0.1) is 0 Å². The number of fused-ring (bicyclic) bond motifs is 1. The van der Waals surface area contributed by atoms with E-state index in [1.54, 1.807) is 0 Å². The second kappa shape index (κ2) is 8.91. The van der Waals surface area contributed by atoms with Gasteiger partial charge in [0.05, 0.1) is 18.7 Å². The number of aliphatic hydroxyl groups is 1. The van der Waals surface area contributed by atoms with Crippen LogP contribution in [0.2, 0.25) is 5.02 Å². The van der Waals surface area contributed by atoms with Crippen molar-refractivity contribution in [1.29, 1.82) is 0 Å². The average molecular weight is 399 g/mol. The minimum absolute atomic E-state index is 0. The Kier molecular flexibility index (Phi) is 6.55. The van der Waals surface area contributed by atoms with Crippen LogP contribution in [0.5, 0.6) is 0 Å². The number of halogens is 1. The van der Waals surface area contributed by atoms with E-state index in [9.17, 15) is 9.90 Å². The van der Waals surface area contributed by atoms with Gasteiger partial charge in [0.1, 0.15) is 0 Å². The van der Waals surface area contributed by atoms with Crippen LogP contribution in [0.15, 0.2) is 48.7 Å². The van der Waals surface area contributed by atoms with E-state index in [0.717, 1.165) is 40.8 Å². The molecule has 0 bridgehead atoms. The highest BCUT2D eigenvalue weighted by molar-refractivity contribution is 6.30. The molecule has 5 heteroatoms. The third kappa shape index (κ3) is 4.14. The summed E-state index contributed by atoms with van der Waals surface area (Å²) in [5.41, 5.74) is 3.42. The van der Waals surface area contributed by atoms with E-state index in [2.05, 4.69) is 4.90 Å². The zero-order chi connectivity index (χ0) is 18.8. The minimum atomic E-state index is -0.0290. The van der Waals surface area contributed by atoms with Crippen LogP contribution in [-0.4, -0.2) is 40.0 Å². The van der Waals surface area contributed by atoms with E-state index in [4.69, 9.17) is 11.6 Å². The molecule has 148 valence electrons. The van der Waals surface area contributed by atoms with Crippen molar-refractivity contribution in [1.82, 2.24) is 9.47 Å². The molecule has 2 aromatic carbocycles. The molecule has 0 spiro atoms. The molecule has 1 aliphatic rings. The summed E-state index contributed by atoms with van der Waals surface area (Å²) < 4.78 is 2.01. The number of likely N-dealkylation sites (tertiary alicyclic amines) is 1. The van der Waals surface area contributed by atoms with Crippen LogP contribution in [0.1, 0.15) is 42.6 Å². The molecule has 2 heterocycles. The first-order valence-electron chi connectivity index (χ1n) is 9.42. The molecule has 1 saturated heterocycles. The summed E-state index contributed by atoms with van der Waals surface area (Å²) in [5, 5.41) is 11.1. The molecule has 0 unspecified atom stereocenters. The molecular weight excluding hydrogens is 372 g/mol. The number of aromatic nitrogens is 1. The number of carbonyl (C=O) groups is 1. The fourth-order valence-corrected chi connectivity index (χ4v) is 3.94. The Morgan fingerprint density at radius 1 is 1.04 bits per heavy atom. The number of carbonyl (C=O) groups excluding carboxylic acids is 1. The quantitative estimate of drug-likeness (QED) is 0.609. The summed E-state index contributed by atoms with van der Waals surface area (Å²) in [5.74, 6) is 0.145. The molecule has 28 heavy (non-hydrogen) atoms. The van der Waals surface area contributed by atoms with Gasteiger partial charge in [-0.15, -0.1) is 0 Å². The predicted molar refractivity (Wildman–Crippen MR) is 116 cm³/mol. The summed E-state index contributed by atoms with van der Waals surface area (Å²) in [7, 11) is 0. The van der Waals surface area contributed by atoms with Crippen LogP contribution in [0.4, 0.5) is 0 Å². The first-order valence-corrected chi connectivity index (χ1v) is 9.80. The number of benzene rings is 2. The standard InChI is InChI=1S/C22H23ClN2O2.CH4/c23-17-5-7-18(8-6-17)25-13-20(19-9-4-16(15-26)12-21(19)25)22(27)14-24-10-2-1-3-11-24;/h4-9,12-13,26H,1-3,10-11,14-15H2;1H4. The number of ketones is 1. The Bertz CT molecular complexity index is 957. The first kappa shape index (κ1) is 20.6. The maximum atomic E-state index is 13.1. The second-order valence-corrected chi connectivity index (χ2v) is 7.60. The molecule has 0 saturated carbocycles. The number of nitrogens with zero attached hydrogens (tertiary/aromatic N) is 2. The van der Waals surface area contributed by atoms with Crippen LogP contribution in [0.25, 0.3) is 16.6 Å². The highest BCUT2D eigenvalue weighted by Gasteiger charge is 2.20. The van der Waals surface area contributed by atoms with Gasteiger partial charge >= 0.3 is 0 Å². The summed E-state index contributed by atoms with van der Waals surface area (Å²) in [6, 6.07) is 13.3. The Hall–Kier alpha value is -2.14. The van der Waals surface area contributed by atoms with Gasteiger partial charge in [-0.25, -0.2) is 0 Å². The predicted octanol–water partition coefficient (Wildman–Crippen LogP) is 5.08. The van der Waals surface area contributed by atoms with Crippen LogP contribution in [0.3, 0.4) is 0 Å². The summed E-state index contributed by atoms with van der Waals surface area (Å²) in [6.45, 7) is 2.42. The van der Waals surface area contributed by atoms with Gasteiger partial charge in [0.2, 0.25) is 0 Å². The molecular formula is C23H27ClN2O2. The van der Waals surface area contributed by atoms with Gasteiger partial charge in [-0.1, -0.05) is 37.6 Å². The molecule has 1 fully saturated rings. The molecule has 3 aromatic rings. The summed E-state index contributed by atoms with van der Waals surface area (Å²) in [6.07, 6.45) is 5.51. The normalized spacial score (nSPS) is 14.8. The smallest absolute Gasteiger partial charge is 0.178 e. The third-order valence-electron chi connectivity index (χ3n) is 5.27. The number of hydrogen-bond acceptors (Lipinski definition) is 3. The van der Waals surface area contributed by atoms with Crippen LogP contribution in [-0.2, 0) is 6.61 Å². The molecule has 1 N–H and O–H groups in total. The Labute approximate surface area is 171 Å². The fraction of sp³-hybridized carbons (Fsp3) is 0.348.